The van der Waals surface area contributed by atoms with E-state index in [2.05, 4.69) is 12.6 Å². The molecule has 0 amide bonds. The highest BCUT2D eigenvalue weighted by atomic mass is 32.1. The van der Waals surface area contributed by atoms with E-state index in [0.717, 1.165) is 5.88 Å². The van der Waals surface area contributed by atoms with E-state index < -0.39 is 0 Å². The van der Waals surface area contributed by atoms with Crippen LogP contribution in [0.1, 0.15) is 0 Å². The quantitative estimate of drug-likeness (QED) is 0.429. The van der Waals surface area contributed by atoms with Gasteiger partial charge in [0.15, 0.2) is 0 Å². The zero-order valence-corrected chi connectivity index (χ0v) is 5.61. The lowest BCUT2D eigenvalue weighted by atomic mass is 10.9. The Bertz CT molecular complexity index is 42.7. The van der Waals surface area contributed by atoms with Gasteiger partial charge in [0.2, 0.25) is 0 Å². The summed E-state index contributed by atoms with van der Waals surface area (Å²) in [6.45, 7) is 0.656. The number of hydrogen-bond acceptors (Lipinski definition) is 3. The highest BCUT2D eigenvalue weighted by Crippen LogP contribution is 1.82. The Morgan fingerprint density at radius 3 is 2.43 bits per heavy atom. The summed E-state index contributed by atoms with van der Waals surface area (Å²) in [5, 5.41) is 0. The van der Waals surface area contributed by atoms with Crippen molar-refractivity contribution in [2.24, 2.45) is 0 Å². The van der Waals surface area contributed by atoms with Gasteiger partial charge in [0.05, 0.1) is 6.73 Å². The lowest BCUT2D eigenvalue weighted by Crippen LogP contribution is -2.18. The van der Waals surface area contributed by atoms with E-state index in [1.165, 1.54) is 0 Å². The Morgan fingerprint density at radius 1 is 1.71 bits per heavy atom. The summed E-state index contributed by atoms with van der Waals surface area (Å²) in [5.74, 6) is 0.744. The van der Waals surface area contributed by atoms with E-state index in [9.17, 15) is 0 Å². The monoisotopic (exact) mass is 121 g/mol. The lowest BCUT2D eigenvalue weighted by molar-refractivity contribution is 0.0956. The second-order valence-corrected chi connectivity index (χ2v) is 1.70. The van der Waals surface area contributed by atoms with E-state index in [4.69, 9.17) is 4.74 Å². The summed E-state index contributed by atoms with van der Waals surface area (Å²) in [6.07, 6.45) is 0. The summed E-state index contributed by atoms with van der Waals surface area (Å²) in [4.78, 5) is 1.95. The third kappa shape index (κ3) is 4.12. The molecule has 0 spiro atoms. The molecule has 0 aromatic carbocycles. The molecule has 7 heavy (non-hydrogen) atoms. The maximum absolute atomic E-state index is 4.77. The zero-order chi connectivity index (χ0) is 5.70. The fourth-order valence-electron chi connectivity index (χ4n) is 0.261. The van der Waals surface area contributed by atoms with Crippen LogP contribution in [0.15, 0.2) is 0 Å². The molecule has 0 heterocycles. The van der Waals surface area contributed by atoms with Crippen LogP contribution in [0.2, 0.25) is 0 Å². The number of methoxy groups -OCH3 is 1. The fourth-order valence-corrected chi connectivity index (χ4v) is 0.343. The van der Waals surface area contributed by atoms with Crippen molar-refractivity contribution in [3.63, 3.8) is 0 Å². The Labute approximate surface area is 49.9 Å². The third-order valence-corrected chi connectivity index (χ3v) is 1.07. The topological polar surface area (TPSA) is 12.5 Å². The van der Waals surface area contributed by atoms with E-state index in [1.807, 2.05) is 11.9 Å². The molecular formula is C4H11NOS. The summed E-state index contributed by atoms with van der Waals surface area (Å²) >= 11 is 4.00. The molecule has 44 valence electrons. The molecule has 0 aromatic rings. The second kappa shape index (κ2) is 4.43. The van der Waals surface area contributed by atoms with Crippen LogP contribution in [-0.4, -0.2) is 31.7 Å². The van der Waals surface area contributed by atoms with Crippen LogP contribution in [0.5, 0.6) is 0 Å². The molecule has 0 N–H and O–H groups in total. The molecule has 0 aliphatic carbocycles. The average molecular weight is 121 g/mol. The second-order valence-electron chi connectivity index (χ2n) is 1.42. The minimum Gasteiger partial charge on any atom is -0.369 e. The molecule has 0 aromatic heterocycles. The SMILES string of the molecule is COCN(C)CS. The summed E-state index contributed by atoms with van der Waals surface area (Å²) < 4.78 is 4.77. The first-order chi connectivity index (χ1) is 3.31. The molecule has 0 saturated carbocycles. The number of rotatable bonds is 3. The van der Waals surface area contributed by atoms with Gasteiger partial charge in [-0.1, -0.05) is 0 Å². The smallest absolute Gasteiger partial charge is 0.0990 e. The van der Waals surface area contributed by atoms with Gasteiger partial charge >= 0.3 is 0 Å². The van der Waals surface area contributed by atoms with E-state index in [-0.39, 0.29) is 0 Å². The van der Waals surface area contributed by atoms with Crippen molar-refractivity contribution < 1.29 is 4.74 Å². The number of thiol groups is 1. The van der Waals surface area contributed by atoms with Crippen LogP contribution in [0.3, 0.4) is 0 Å². The van der Waals surface area contributed by atoms with Gasteiger partial charge in [-0.2, -0.15) is 12.6 Å². The number of ether oxygens (including phenoxy) is 1. The van der Waals surface area contributed by atoms with Crippen molar-refractivity contribution in [3.8, 4) is 0 Å². The molecule has 0 atom stereocenters. The van der Waals surface area contributed by atoms with Gasteiger partial charge in [0.25, 0.3) is 0 Å². The van der Waals surface area contributed by atoms with Crippen LogP contribution in [-0.2, 0) is 4.74 Å². The maximum atomic E-state index is 4.77. The molecule has 0 radical (unpaired) electrons. The summed E-state index contributed by atoms with van der Waals surface area (Å²) in [6, 6.07) is 0. The van der Waals surface area contributed by atoms with Gasteiger partial charge in [-0.15, -0.1) is 0 Å². The van der Waals surface area contributed by atoms with Crippen molar-refractivity contribution >= 4 is 12.6 Å². The first-order valence-electron chi connectivity index (χ1n) is 2.09. The van der Waals surface area contributed by atoms with Gasteiger partial charge < -0.3 is 4.74 Å². The van der Waals surface area contributed by atoms with Crippen LogP contribution in [0.4, 0.5) is 0 Å². The van der Waals surface area contributed by atoms with E-state index in [1.54, 1.807) is 7.11 Å². The van der Waals surface area contributed by atoms with Crippen molar-refractivity contribution in [1.82, 2.24) is 4.90 Å². The molecule has 0 rings (SSSR count). The van der Waals surface area contributed by atoms with Crippen molar-refractivity contribution in [3.05, 3.63) is 0 Å². The minimum absolute atomic E-state index is 0.656. The Balaban J connectivity index is 2.83. The molecule has 2 nitrogen and oxygen atoms in total. The molecular weight excluding hydrogens is 110 g/mol. The van der Waals surface area contributed by atoms with Crippen LogP contribution >= 0.6 is 12.6 Å². The fraction of sp³-hybridized carbons (Fsp3) is 1.00. The van der Waals surface area contributed by atoms with Crippen LogP contribution < -0.4 is 0 Å². The third-order valence-electron chi connectivity index (χ3n) is 0.591. The lowest BCUT2D eigenvalue weighted by Gasteiger charge is -2.09. The normalized spacial score (nSPS) is 10.3. The zero-order valence-electron chi connectivity index (χ0n) is 4.72. The highest BCUT2D eigenvalue weighted by Gasteiger charge is 1.87. The first kappa shape index (κ1) is 7.27. The highest BCUT2D eigenvalue weighted by molar-refractivity contribution is 7.80. The van der Waals surface area contributed by atoms with Gasteiger partial charge in [0.1, 0.15) is 0 Å². The van der Waals surface area contributed by atoms with Gasteiger partial charge in [-0.3, -0.25) is 4.90 Å². The molecule has 0 aliphatic heterocycles. The van der Waals surface area contributed by atoms with Gasteiger partial charge in [0, 0.05) is 13.0 Å². The Hall–Kier alpha value is 0.270. The largest absolute Gasteiger partial charge is 0.369 e. The Kier molecular flexibility index (Phi) is 4.60. The predicted octanol–water partition coefficient (Wildman–Crippen LogP) is 0.409. The van der Waals surface area contributed by atoms with Crippen molar-refractivity contribution in [1.29, 1.82) is 0 Å². The van der Waals surface area contributed by atoms with E-state index in [0.29, 0.717) is 6.73 Å². The average Bonchev–Trinajstić information content (AvgIpc) is 1.68. The molecule has 0 bridgehead atoms. The van der Waals surface area contributed by atoms with Crippen LogP contribution in [0, 0.1) is 0 Å². The molecule has 0 unspecified atom stereocenters. The molecule has 0 aliphatic rings. The summed E-state index contributed by atoms with van der Waals surface area (Å²) in [7, 11) is 3.61. The van der Waals surface area contributed by atoms with Crippen molar-refractivity contribution in [2.75, 3.05) is 26.8 Å². The number of hydrogen-bond donors (Lipinski definition) is 1. The standard InChI is InChI=1S/C4H11NOS/c1-5(4-7)3-6-2/h7H,3-4H2,1-2H3. The predicted molar refractivity (Wildman–Crippen MR) is 33.5 cm³/mol. The van der Waals surface area contributed by atoms with Gasteiger partial charge in [-0.25, -0.2) is 0 Å². The Morgan fingerprint density at radius 2 is 2.29 bits per heavy atom. The minimum atomic E-state index is 0.656. The number of nitrogens with zero attached hydrogens (tertiary/aromatic N) is 1. The van der Waals surface area contributed by atoms with Crippen LogP contribution in [0.25, 0.3) is 0 Å². The van der Waals surface area contributed by atoms with E-state index >= 15 is 0 Å². The molecule has 3 heteroatoms. The molecule has 0 fully saturated rings. The van der Waals surface area contributed by atoms with Crippen molar-refractivity contribution in [2.45, 2.75) is 0 Å². The first-order valence-corrected chi connectivity index (χ1v) is 2.73. The van der Waals surface area contributed by atoms with Gasteiger partial charge in [-0.05, 0) is 7.05 Å². The summed E-state index contributed by atoms with van der Waals surface area (Å²) in [5.41, 5.74) is 0. The maximum Gasteiger partial charge on any atom is 0.0990 e. The molecule has 0 saturated heterocycles.